The molecule has 0 unspecified atom stereocenters. The van der Waals surface area contributed by atoms with Crippen molar-refractivity contribution in [2.24, 2.45) is 0 Å². The number of aliphatic hydroxyl groups excluding tert-OH is 3. The molecule has 65 valence electrons. The van der Waals surface area contributed by atoms with Gasteiger partial charge in [-0.25, -0.2) is 5.11 Å². The second kappa shape index (κ2) is 3.46. The van der Waals surface area contributed by atoms with E-state index in [0.717, 1.165) is 0 Å². The second-order valence-corrected chi connectivity index (χ2v) is 2.58. The molecule has 1 aliphatic heterocycles. The smallest absolute Gasteiger partial charge is 0.150 e. The summed E-state index contributed by atoms with van der Waals surface area (Å²) in [6.45, 7) is -0.511. The molecule has 4 atom stereocenters. The van der Waals surface area contributed by atoms with Gasteiger partial charge < -0.3 is 20.1 Å². The van der Waals surface area contributed by atoms with Gasteiger partial charge in [-0.3, -0.25) is 0 Å². The zero-order valence-electron chi connectivity index (χ0n) is 5.88. The highest BCUT2D eigenvalue weighted by Crippen LogP contribution is 2.15. The summed E-state index contributed by atoms with van der Waals surface area (Å²) in [7, 11) is 0. The molecule has 1 radical (unpaired) electrons. The Kier molecular flexibility index (Phi) is 2.80. The fourth-order valence-electron chi connectivity index (χ4n) is 1.01. The summed E-state index contributed by atoms with van der Waals surface area (Å²) in [6, 6.07) is 0. The lowest BCUT2D eigenvalue weighted by Gasteiger charge is -2.32. The largest absolute Gasteiger partial charge is 0.394 e. The van der Waals surface area contributed by atoms with Gasteiger partial charge in [0.25, 0.3) is 0 Å². The predicted octanol–water partition coefficient (Wildman–Crippen LogP) is -2.10. The highest BCUT2D eigenvalue weighted by atomic mass is 16.5. The molecule has 3 N–H and O–H groups in total. The summed E-state index contributed by atoms with van der Waals surface area (Å²) in [5.74, 6) is 0. The molecule has 0 aromatic rings. The van der Waals surface area contributed by atoms with E-state index in [4.69, 9.17) is 20.1 Å². The van der Waals surface area contributed by atoms with Crippen LogP contribution in [0.3, 0.4) is 0 Å². The van der Waals surface area contributed by atoms with E-state index in [0.29, 0.717) is 0 Å². The van der Waals surface area contributed by atoms with Crippen LogP contribution in [0, 0.1) is 0 Å². The van der Waals surface area contributed by atoms with Crippen LogP contribution in [0.2, 0.25) is 0 Å². The van der Waals surface area contributed by atoms with Crippen molar-refractivity contribution < 1.29 is 25.2 Å². The predicted molar refractivity (Wildman–Crippen MR) is 33.3 cm³/mol. The fourth-order valence-corrected chi connectivity index (χ4v) is 1.01. The second-order valence-electron chi connectivity index (χ2n) is 2.58. The van der Waals surface area contributed by atoms with Crippen LogP contribution in [-0.2, 0) is 9.84 Å². The maximum Gasteiger partial charge on any atom is 0.150 e. The molecule has 0 aromatic carbocycles. The third-order valence-corrected chi connectivity index (χ3v) is 1.76. The maximum atomic E-state index is 11.0. The summed E-state index contributed by atoms with van der Waals surface area (Å²) >= 11 is 0. The first-order valence-electron chi connectivity index (χ1n) is 3.41. The van der Waals surface area contributed by atoms with Crippen molar-refractivity contribution in [3.63, 3.8) is 0 Å². The summed E-state index contributed by atoms with van der Waals surface area (Å²) in [6.07, 6.45) is -4.81. The third kappa shape index (κ3) is 1.69. The van der Waals surface area contributed by atoms with Crippen LogP contribution in [0.5, 0.6) is 0 Å². The Morgan fingerprint density at radius 2 is 2.09 bits per heavy atom. The average molecular weight is 163 g/mol. The standard InChI is InChI=1S/C6H11O5/c7-1-4-6(10)5(9)3(8)2-11-4/h3-9H,1-2H2/t3-,4+,5+,6+/m0/s1. The van der Waals surface area contributed by atoms with Crippen molar-refractivity contribution in [1.82, 2.24) is 0 Å². The first kappa shape index (κ1) is 8.89. The van der Waals surface area contributed by atoms with Crippen LogP contribution in [0.4, 0.5) is 0 Å². The number of rotatable bonds is 1. The van der Waals surface area contributed by atoms with Crippen molar-refractivity contribution in [3.05, 3.63) is 0 Å². The summed E-state index contributed by atoms with van der Waals surface area (Å²) < 4.78 is 4.75. The molecule has 0 aliphatic carbocycles. The summed E-state index contributed by atoms with van der Waals surface area (Å²) in [5, 5.41) is 37.4. The normalized spacial score (nSPS) is 45.8. The van der Waals surface area contributed by atoms with Gasteiger partial charge in [-0.05, 0) is 0 Å². The van der Waals surface area contributed by atoms with Gasteiger partial charge in [-0.15, -0.1) is 0 Å². The van der Waals surface area contributed by atoms with Gasteiger partial charge in [0.15, 0.2) is 0 Å². The van der Waals surface area contributed by atoms with Gasteiger partial charge in [0.2, 0.25) is 0 Å². The molecule has 5 nitrogen and oxygen atoms in total. The SMILES string of the molecule is [O][C@H]1[C@H](O)[C@@H](O)CO[C@@H]1CO. The van der Waals surface area contributed by atoms with Gasteiger partial charge in [0, 0.05) is 0 Å². The molecular weight excluding hydrogens is 152 g/mol. The van der Waals surface area contributed by atoms with Crippen LogP contribution in [0.15, 0.2) is 0 Å². The van der Waals surface area contributed by atoms with Crippen molar-refractivity contribution in [3.8, 4) is 0 Å². The molecule has 0 saturated carbocycles. The first-order chi connectivity index (χ1) is 5.16. The highest BCUT2D eigenvalue weighted by molar-refractivity contribution is 4.85. The number of ether oxygens (including phenoxy) is 1. The zero-order valence-corrected chi connectivity index (χ0v) is 5.88. The molecule has 1 saturated heterocycles. The molecular formula is C6H11O5. The van der Waals surface area contributed by atoms with Crippen molar-refractivity contribution in [2.75, 3.05) is 13.2 Å². The Labute approximate surface area is 63.8 Å². The molecule has 1 fully saturated rings. The Balaban J connectivity index is 2.52. The molecule has 1 rings (SSSR count). The fraction of sp³-hybridized carbons (Fsp3) is 1.00. The maximum absolute atomic E-state index is 11.0. The van der Waals surface area contributed by atoms with Crippen molar-refractivity contribution in [2.45, 2.75) is 24.4 Å². The zero-order chi connectivity index (χ0) is 8.43. The minimum absolute atomic E-state index is 0.0921. The quantitative estimate of drug-likeness (QED) is 0.413. The number of hydrogen-bond donors (Lipinski definition) is 3. The van der Waals surface area contributed by atoms with Crippen LogP contribution < -0.4 is 0 Å². The molecule has 5 heteroatoms. The Hall–Kier alpha value is -0.200. The van der Waals surface area contributed by atoms with E-state index in [1.54, 1.807) is 0 Å². The molecule has 0 amide bonds. The van der Waals surface area contributed by atoms with E-state index in [1.807, 2.05) is 0 Å². The topological polar surface area (TPSA) is 89.8 Å². The van der Waals surface area contributed by atoms with E-state index in [9.17, 15) is 5.11 Å². The monoisotopic (exact) mass is 163 g/mol. The average Bonchev–Trinajstić information content (AvgIpc) is 2.01. The number of hydrogen-bond acceptors (Lipinski definition) is 4. The lowest BCUT2D eigenvalue weighted by atomic mass is 10.0. The summed E-state index contributed by atoms with van der Waals surface area (Å²) in [4.78, 5) is 0. The van der Waals surface area contributed by atoms with Crippen LogP contribution in [-0.4, -0.2) is 52.9 Å². The number of aliphatic hydroxyl groups is 3. The van der Waals surface area contributed by atoms with Crippen molar-refractivity contribution >= 4 is 0 Å². The van der Waals surface area contributed by atoms with E-state index in [1.165, 1.54) is 0 Å². The Bertz CT molecular complexity index is 126. The Morgan fingerprint density at radius 1 is 1.45 bits per heavy atom. The minimum atomic E-state index is -1.45. The van der Waals surface area contributed by atoms with Crippen LogP contribution in [0.1, 0.15) is 0 Å². The first-order valence-corrected chi connectivity index (χ1v) is 3.41. The van der Waals surface area contributed by atoms with Crippen molar-refractivity contribution in [1.29, 1.82) is 0 Å². The Morgan fingerprint density at radius 3 is 2.64 bits per heavy atom. The van der Waals surface area contributed by atoms with Gasteiger partial charge >= 0.3 is 0 Å². The highest BCUT2D eigenvalue weighted by Gasteiger charge is 2.38. The van der Waals surface area contributed by atoms with E-state index in [-0.39, 0.29) is 6.61 Å². The molecule has 0 spiro atoms. The summed E-state index contributed by atoms with van der Waals surface area (Å²) in [5.41, 5.74) is 0. The van der Waals surface area contributed by atoms with Crippen LogP contribution >= 0.6 is 0 Å². The van der Waals surface area contributed by atoms with Gasteiger partial charge in [-0.2, -0.15) is 0 Å². The molecule has 0 bridgehead atoms. The van der Waals surface area contributed by atoms with E-state index in [2.05, 4.69) is 0 Å². The van der Waals surface area contributed by atoms with Crippen LogP contribution in [0.25, 0.3) is 0 Å². The lowest BCUT2D eigenvalue weighted by molar-refractivity contribution is -0.212. The third-order valence-electron chi connectivity index (χ3n) is 1.76. The molecule has 1 heterocycles. The lowest BCUT2D eigenvalue weighted by Crippen LogP contribution is -2.53. The van der Waals surface area contributed by atoms with Gasteiger partial charge in [-0.1, -0.05) is 0 Å². The molecule has 1 aliphatic rings. The molecule has 0 aromatic heterocycles. The van der Waals surface area contributed by atoms with Gasteiger partial charge in [0.05, 0.1) is 13.2 Å². The van der Waals surface area contributed by atoms with E-state index < -0.39 is 31.0 Å². The molecule has 11 heavy (non-hydrogen) atoms. The van der Waals surface area contributed by atoms with Gasteiger partial charge in [0.1, 0.15) is 24.4 Å². The van der Waals surface area contributed by atoms with E-state index >= 15 is 0 Å². The minimum Gasteiger partial charge on any atom is -0.394 e.